The van der Waals surface area contributed by atoms with Gasteiger partial charge in [-0.1, -0.05) is 50.2 Å². The van der Waals surface area contributed by atoms with Crippen molar-refractivity contribution in [2.75, 3.05) is 22.9 Å². The van der Waals surface area contributed by atoms with Crippen LogP contribution in [0.4, 0.5) is 11.4 Å². The molecule has 0 heterocycles. The molecule has 1 N–H and O–H groups in total. The summed E-state index contributed by atoms with van der Waals surface area (Å²) in [7, 11) is 0. The number of carboxylic acids is 1. The number of benzene rings is 3. The lowest BCUT2D eigenvalue weighted by molar-refractivity contribution is -0.135. The van der Waals surface area contributed by atoms with Crippen LogP contribution in [0.15, 0.2) is 66.7 Å². The van der Waals surface area contributed by atoms with E-state index in [0.717, 1.165) is 21.6 Å². The number of carbonyl (C=O) groups excluding carboxylic acids is 3. The molecule has 2 amide bonds. The van der Waals surface area contributed by atoms with Gasteiger partial charge in [0.1, 0.15) is 12.8 Å². The van der Waals surface area contributed by atoms with Gasteiger partial charge in [-0.25, -0.2) is 0 Å². The number of anilines is 2. The Morgan fingerprint density at radius 3 is 1.97 bits per heavy atom. The second-order valence-corrected chi connectivity index (χ2v) is 8.94. The lowest BCUT2D eigenvalue weighted by Crippen LogP contribution is -2.36. The minimum Gasteiger partial charge on any atom is -0.480 e. The van der Waals surface area contributed by atoms with Crippen LogP contribution >= 0.6 is 0 Å². The Balaban J connectivity index is 2.03. The summed E-state index contributed by atoms with van der Waals surface area (Å²) >= 11 is 0. The van der Waals surface area contributed by atoms with Crippen molar-refractivity contribution in [1.29, 1.82) is 0 Å². The Morgan fingerprint density at radius 1 is 0.833 bits per heavy atom. The molecule has 7 nitrogen and oxygen atoms in total. The van der Waals surface area contributed by atoms with E-state index in [2.05, 4.69) is 13.8 Å². The third-order valence-corrected chi connectivity index (χ3v) is 5.92. The van der Waals surface area contributed by atoms with E-state index >= 15 is 0 Å². The first kappa shape index (κ1) is 26.3. The summed E-state index contributed by atoms with van der Waals surface area (Å²) < 4.78 is 0. The summed E-state index contributed by atoms with van der Waals surface area (Å²) in [5.74, 6) is -1.79. The number of carbonyl (C=O) groups is 4. The van der Waals surface area contributed by atoms with Gasteiger partial charge >= 0.3 is 5.97 Å². The van der Waals surface area contributed by atoms with Crippen LogP contribution in [0.3, 0.4) is 0 Å². The second-order valence-electron chi connectivity index (χ2n) is 8.94. The smallest absolute Gasteiger partial charge is 0.323 e. The predicted molar refractivity (Wildman–Crippen MR) is 140 cm³/mol. The number of rotatable bonds is 9. The Labute approximate surface area is 211 Å². The largest absolute Gasteiger partial charge is 0.480 e. The van der Waals surface area contributed by atoms with Gasteiger partial charge in [0.2, 0.25) is 0 Å². The molecule has 0 radical (unpaired) electrons. The van der Waals surface area contributed by atoms with Gasteiger partial charge in [0, 0.05) is 16.8 Å². The van der Waals surface area contributed by atoms with Gasteiger partial charge in [-0.05, 0) is 66.8 Å². The number of hydrogen-bond donors (Lipinski definition) is 1. The highest BCUT2D eigenvalue weighted by molar-refractivity contribution is 6.11. The molecule has 0 unspecified atom stereocenters. The Bertz CT molecular complexity index is 1260. The average molecular weight is 487 g/mol. The Morgan fingerprint density at radius 2 is 1.42 bits per heavy atom. The SMILES string of the molecule is Cc1cc(C(C)C)cc(C)c1N(CC=O)C(=O)c1cccc(N(CC(=O)O)C(=O)c2ccccc2)c1. The molecular weight excluding hydrogens is 456 g/mol. The molecule has 0 atom stereocenters. The summed E-state index contributed by atoms with van der Waals surface area (Å²) in [6, 6.07) is 18.6. The minimum atomic E-state index is -1.19. The molecule has 3 rings (SSSR count). The highest BCUT2D eigenvalue weighted by Gasteiger charge is 2.25. The third-order valence-electron chi connectivity index (χ3n) is 5.92. The van der Waals surface area contributed by atoms with Crippen LogP contribution < -0.4 is 9.80 Å². The van der Waals surface area contributed by atoms with Crippen molar-refractivity contribution in [2.45, 2.75) is 33.6 Å². The number of aliphatic carboxylic acids is 1. The molecule has 0 aliphatic carbocycles. The van der Waals surface area contributed by atoms with E-state index in [1.807, 2.05) is 26.0 Å². The maximum atomic E-state index is 13.6. The number of aldehydes is 1. The summed E-state index contributed by atoms with van der Waals surface area (Å²) in [6.45, 7) is 7.28. The van der Waals surface area contributed by atoms with Crippen LogP contribution in [-0.4, -0.2) is 42.3 Å². The van der Waals surface area contributed by atoms with E-state index in [9.17, 15) is 24.3 Å². The number of nitrogens with zero attached hydrogens (tertiary/aromatic N) is 2. The summed E-state index contributed by atoms with van der Waals surface area (Å²) in [5.41, 5.74) is 4.37. The molecule has 0 spiro atoms. The van der Waals surface area contributed by atoms with Gasteiger partial charge in [-0.15, -0.1) is 0 Å². The van der Waals surface area contributed by atoms with Gasteiger partial charge in [0.15, 0.2) is 0 Å². The normalized spacial score (nSPS) is 10.7. The zero-order valence-electron chi connectivity index (χ0n) is 20.9. The summed E-state index contributed by atoms with van der Waals surface area (Å²) in [4.78, 5) is 52.4. The molecule has 0 bridgehead atoms. The van der Waals surface area contributed by atoms with Crippen molar-refractivity contribution >= 4 is 35.4 Å². The lowest BCUT2D eigenvalue weighted by atomic mass is 9.96. The number of carboxylic acid groups (broad SMARTS) is 1. The van der Waals surface area contributed by atoms with Crippen molar-refractivity contribution in [3.8, 4) is 0 Å². The highest BCUT2D eigenvalue weighted by atomic mass is 16.4. The molecule has 0 aliphatic heterocycles. The summed E-state index contributed by atoms with van der Waals surface area (Å²) in [6.07, 6.45) is 0.673. The quantitative estimate of drug-likeness (QED) is 0.429. The molecule has 0 fully saturated rings. The van der Waals surface area contributed by atoms with Crippen LogP contribution in [0, 0.1) is 13.8 Å². The monoisotopic (exact) mass is 486 g/mol. The Kier molecular flexibility index (Phi) is 8.38. The third kappa shape index (κ3) is 5.86. The first-order chi connectivity index (χ1) is 17.1. The van der Waals surface area contributed by atoms with E-state index in [1.165, 1.54) is 11.0 Å². The molecule has 0 aromatic heterocycles. The molecule has 0 saturated heterocycles. The fraction of sp³-hybridized carbons (Fsp3) is 0.241. The maximum Gasteiger partial charge on any atom is 0.323 e. The van der Waals surface area contributed by atoms with Gasteiger partial charge in [0.25, 0.3) is 11.8 Å². The van der Waals surface area contributed by atoms with Crippen molar-refractivity contribution in [3.63, 3.8) is 0 Å². The second kappa shape index (κ2) is 11.4. The van der Waals surface area contributed by atoms with E-state index in [4.69, 9.17) is 0 Å². The predicted octanol–water partition coefficient (Wildman–Crippen LogP) is 5.00. The van der Waals surface area contributed by atoms with Crippen LogP contribution in [0.5, 0.6) is 0 Å². The van der Waals surface area contributed by atoms with Crippen LogP contribution in [0.1, 0.15) is 57.2 Å². The minimum absolute atomic E-state index is 0.145. The van der Waals surface area contributed by atoms with Gasteiger partial charge < -0.3 is 14.8 Å². The standard InChI is InChI=1S/C29H30N2O5/c1-19(2)24-15-20(3)27(21(4)16-24)30(13-14-32)29(36)23-11-8-12-25(17-23)31(18-26(33)34)28(35)22-9-6-5-7-10-22/h5-12,14-17,19H,13,18H2,1-4H3,(H,33,34). The van der Waals surface area contributed by atoms with Crippen LogP contribution in [-0.2, 0) is 9.59 Å². The lowest BCUT2D eigenvalue weighted by Gasteiger charge is -2.26. The topological polar surface area (TPSA) is 95.0 Å². The first-order valence-corrected chi connectivity index (χ1v) is 11.7. The van der Waals surface area contributed by atoms with Crippen LogP contribution in [0.25, 0.3) is 0 Å². The number of aryl methyl sites for hydroxylation is 2. The molecule has 0 aliphatic rings. The molecule has 3 aromatic carbocycles. The Hall–Kier alpha value is -4.26. The molecule has 3 aromatic rings. The maximum absolute atomic E-state index is 13.6. The number of hydrogen-bond acceptors (Lipinski definition) is 4. The molecule has 7 heteroatoms. The zero-order chi connectivity index (χ0) is 26.4. The fourth-order valence-electron chi connectivity index (χ4n) is 4.21. The highest BCUT2D eigenvalue weighted by Crippen LogP contribution is 2.31. The average Bonchev–Trinajstić information content (AvgIpc) is 2.86. The molecule has 186 valence electrons. The van der Waals surface area contributed by atoms with Crippen molar-refractivity contribution in [1.82, 2.24) is 0 Å². The van der Waals surface area contributed by atoms with Crippen LogP contribution in [0.2, 0.25) is 0 Å². The summed E-state index contributed by atoms with van der Waals surface area (Å²) in [5, 5.41) is 9.44. The number of amides is 2. The van der Waals surface area contributed by atoms with Gasteiger partial charge in [-0.3, -0.25) is 19.3 Å². The van der Waals surface area contributed by atoms with E-state index in [-0.39, 0.29) is 17.8 Å². The van der Waals surface area contributed by atoms with Gasteiger partial charge in [0.05, 0.1) is 12.2 Å². The van der Waals surface area contributed by atoms with E-state index in [0.29, 0.717) is 23.5 Å². The molecule has 36 heavy (non-hydrogen) atoms. The van der Waals surface area contributed by atoms with Crippen molar-refractivity contribution in [3.05, 3.63) is 94.5 Å². The van der Waals surface area contributed by atoms with Crippen molar-refractivity contribution < 1.29 is 24.3 Å². The molecule has 0 saturated carbocycles. The van der Waals surface area contributed by atoms with E-state index < -0.39 is 24.3 Å². The fourth-order valence-corrected chi connectivity index (χ4v) is 4.21. The zero-order valence-corrected chi connectivity index (χ0v) is 20.9. The van der Waals surface area contributed by atoms with E-state index in [1.54, 1.807) is 48.5 Å². The first-order valence-electron chi connectivity index (χ1n) is 11.7. The van der Waals surface area contributed by atoms with Crippen molar-refractivity contribution in [2.24, 2.45) is 0 Å². The van der Waals surface area contributed by atoms with Gasteiger partial charge in [-0.2, -0.15) is 0 Å². The molecular formula is C29H30N2O5.